The van der Waals surface area contributed by atoms with Crippen molar-refractivity contribution in [2.75, 3.05) is 0 Å². The second kappa shape index (κ2) is 6.10. The van der Waals surface area contributed by atoms with E-state index in [0.717, 1.165) is 31.4 Å². The highest BCUT2D eigenvalue weighted by Crippen LogP contribution is 2.27. The molecule has 1 amide bonds. The molecule has 0 radical (unpaired) electrons. The molecular formula is C15H23N7O. The number of aromatic nitrogens is 6. The zero-order valence-corrected chi connectivity index (χ0v) is 13.8. The van der Waals surface area contributed by atoms with E-state index in [1.165, 1.54) is 0 Å². The maximum atomic E-state index is 13.0. The number of carbonyl (C=O) groups is 1. The molecule has 2 heterocycles. The van der Waals surface area contributed by atoms with Gasteiger partial charge in [-0.1, -0.05) is 38.8 Å². The average Bonchev–Trinajstić information content (AvgIpc) is 3.23. The highest BCUT2D eigenvalue weighted by molar-refractivity contribution is 5.92. The van der Waals surface area contributed by atoms with Gasteiger partial charge in [-0.2, -0.15) is 10.3 Å². The third-order valence-corrected chi connectivity index (χ3v) is 4.33. The van der Waals surface area contributed by atoms with Gasteiger partial charge in [0.1, 0.15) is 5.69 Å². The van der Waals surface area contributed by atoms with Gasteiger partial charge in [0.2, 0.25) is 0 Å². The van der Waals surface area contributed by atoms with Crippen LogP contribution >= 0.6 is 0 Å². The van der Waals surface area contributed by atoms with Crippen molar-refractivity contribution in [2.24, 2.45) is 0 Å². The van der Waals surface area contributed by atoms with Gasteiger partial charge in [-0.3, -0.25) is 9.89 Å². The van der Waals surface area contributed by atoms with Crippen molar-refractivity contribution in [3.05, 3.63) is 23.3 Å². The number of aromatic amines is 2. The summed E-state index contributed by atoms with van der Waals surface area (Å²) in [6.07, 6.45) is 4.32. The highest BCUT2D eigenvalue weighted by atomic mass is 16.2. The SMILES string of the molecule is CC(C)(C)c1cc(C(=O)N(Cc2nn[nH]n2)C2CCCC2)n[nH]1. The maximum Gasteiger partial charge on any atom is 0.275 e. The Morgan fingerprint density at radius 1 is 1.30 bits per heavy atom. The van der Waals surface area contributed by atoms with E-state index in [9.17, 15) is 4.79 Å². The Morgan fingerprint density at radius 3 is 2.61 bits per heavy atom. The summed E-state index contributed by atoms with van der Waals surface area (Å²) in [6.45, 7) is 6.62. The van der Waals surface area contributed by atoms with Crippen LogP contribution in [0.2, 0.25) is 0 Å². The Morgan fingerprint density at radius 2 is 2.04 bits per heavy atom. The summed E-state index contributed by atoms with van der Waals surface area (Å²) in [7, 11) is 0. The number of amides is 1. The van der Waals surface area contributed by atoms with Crippen LogP contribution in [0.25, 0.3) is 0 Å². The summed E-state index contributed by atoms with van der Waals surface area (Å²) in [5.41, 5.74) is 1.33. The molecular weight excluding hydrogens is 294 g/mol. The van der Waals surface area contributed by atoms with Gasteiger partial charge < -0.3 is 4.90 Å². The number of hydrogen-bond donors (Lipinski definition) is 2. The van der Waals surface area contributed by atoms with Crippen LogP contribution in [0.3, 0.4) is 0 Å². The summed E-state index contributed by atoms with van der Waals surface area (Å²) in [5, 5.41) is 21.2. The number of nitrogens with one attached hydrogen (secondary N) is 2. The zero-order chi connectivity index (χ0) is 16.4. The predicted molar refractivity (Wildman–Crippen MR) is 83.6 cm³/mol. The van der Waals surface area contributed by atoms with Gasteiger partial charge in [-0.05, 0) is 18.9 Å². The molecule has 0 unspecified atom stereocenters. The number of tetrazole rings is 1. The summed E-state index contributed by atoms with van der Waals surface area (Å²) in [5.74, 6) is 0.449. The molecule has 2 aromatic heterocycles. The lowest BCUT2D eigenvalue weighted by atomic mass is 9.92. The minimum absolute atomic E-state index is 0.0720. The molecule has 2 N–H and O–H groups in total. The van der Waals surface area contributed by atoms with E-state index in [1.807, 2.05) is 11.0 Å². The molecule has 0 aliphatic heterocycles. The number of nitrogens with zero attached hydrogens (tertiary/aromatic N) is 5. The van der Waals surface area contributed by atoms with Crippen LogP contribution in [0, 0.1) is 0 Å². The standard InChI is InChI=1S/C15H23N7O/c1-15(2,3)12-8-11(16-17-12)14(23)22(10-6-4-5-7-10)9-13-18-20-21-19-13/h8,10H,4-7,9H2,1-3H3,(H,16,17)(H,18,19,20,21). The minimum atomic E-state index is -0.0755. The summed E-state index contributed by atoms with van der Waals surface area (Å²) in [6, 6.07) is 2.07. The van der Waals surface area contributed by atoms with Gasteiger partial charge in [0, 0.05) is 17.2 Å². The molecule has 0 aromatic carbocycles. The predicted octanol–water partition coefficient (Wildman–Crippen LogP) is 1.81. The number of hydrogen-bond acceptors (Lipinski definition) is 5. The van der Waals surface area contributed by atoms with E-state index in [-0.39, 0.29) is 17.4 Å². The van der Waals surface area contributed by atoms with Gasteiger partial charge in [-0.25, -0.2) is 0 Å². The monoisotopic (exact) mass is 317 g/mol. The first-order chi connectivity index (χ1) is 10.9. The van der Waals surface area contributed by atoms with Crippen molar-refractivity contribution in [1.82, 2.24) is 35.7 Å². The molecule has 2 aromatic rings. The molecule has 1 aliphatic carbocycles. The molecule has 0 saturated heterocycles. The van der Waals surface area contributed by atoms with Crippen molar-refractivity contribution < 1.29 is 4.79 Å². The third kappa shape index (κ3) is 3.40. The molecule has 0 spiro atoms. The Hall–Kier alpha value is -2.25. The lowest BCUT2D eigenvalue weighted by Crippen LogP contribution is -2.38. The fraction of sp³-hybridized carbons (Fsp3) is 0.667. The third-order valence-electron chi connectivity index (χ3n) is 4.33. The fourth-order valence-corrected chi connectivity index (χ4v) is 2.95. The summed E-state index contributed by atoms with van der Waals surface area (Å²) < 4.78 is 0. The van der Waals surface area contributed by atoms with Crippen LogP contribution in [0.4, 0.5) is 0 Å². The van der Waals surface area contributed by atoms with Gasteiger partial charge in [0.05, 0.1) is 6.54 Å². The molecule has 0 bridgehead atoms. The van der Waals surface area contributed by atoms with E-state index in [2.05, 4.69) is 51.6 Å². The summed E-state index contributed by atoms with van der Waals surface area (Å²) >= 11 is 0. The molecule has 3 rings (SSSR count). The molecule has 23 heavy (non-hydrogen) atoms. The summed E-state index contributed by atoms with van der Waals surface area (Å²) in [4.78, 5) is 14.8. The maximum absolute atomic E-state index is 13.0. The van der Waals surface area contributed by atoms with Crippen LogP contribution < -0.4 is 0 Å². The van der Waals surface area contributed by atoms with E-state index >= 15 is 0 Å². The lowest BCUT2D eigenvalue weighted by molar-refractivity contribution is 0.0652. The Balaban J connectivity index is 1.83. The molecule has 124 valence electrons. The Bertz CT molecular complexity index is 650. The first kappa shape index (κ1) is 15.6. The van der Waals surface area contributed by atoms with E-state index in [4.69, 9.17) is 0 Å². The quantitative estimate of drug-likeness (QED) is 0.895. The smallest absolute Gasteiger partial charge is 0.275 e. The normalized spacial score (nSPS) is 16.0. The first-order valence-electron chi connectivity index (χ1n) is 8.04. The molecule has 1 saturated carbocycles. The van der Waals surface area contributed by atoms with Crippen molar-refractivity contribution in [2.45, 2.75) is 64.5 Å². The molecule has 0 atom stereocenters. The van der Waals surface area contributed by atoms with Crippen LogP contribution in [0.1, 0.15) is 68.5 Å². The highest BCUT2D eigenvalue weighted by Gasteiger charge is 2.30. The van der Waals surface area contributed by atoms with E-state index in [1.54, 1.807) is 0 Å². The van der Waals surface area contributed by atoms with Gasteiger partial charge in [0.15, 0.2) is 5.82 Å². The van der Waals surface area contributed by atoms with Gasteiger partial charge in [0.25, 0.3) is 5.91 Å². The lowest BCUT2D eigenvalue weighted by Gasteiger charge is -2.27. The van der Waals surface area contributed by atoms with Crippen LogP contribution in [0.5, 0.6) is 0 Å². The van der Waals surface area contributed by atoms with Crippen LogP contribution in [-0.4, -0.2) is 47.7 Å². The Kier molecular flexibility index (Phi) is 4.14. The molecule has 8 heteroatoms. The van der Waals surface area contributed by atoms with Crippen LogP contribution in [0.15, 0.2) is 6.07 Å². The second-order valence-corrected chi connectivity index (χ2v) is 7.12. The second-order valence-electron chi connectivity index (χ2n) is 7.12. The van der Waals surface area contributed by atoms with Crippen molar-refractivity contribution >= 4 is 5.91 Å². The van der Waals surface area contributed by atoms with Gasteiger partial charge in [-0.15, -0.1) is 10.2 Å². The molecule has 1 fully saturated rings. The fourth-order valence-electron chi connectivity index (χ4n) is 2.95. The van der Waals surface area contributed by atoms with Crippen molar-refractivity contribution in [3.8, 4) is 0 Å². The number of rotatable bonds is 4. The zero-order valence-electron chi connectivity index (χ0n) is 13.8. The van der Waals surface area contributed by atoms with Crippen molar-refractivity contribution in [3.63, 3.8) is 0 Å². The molecule has 1 aliphatic rings. The van der Waals surface area contributed by atoms with E-state index in [0.29, 0.717) is 18.1 Å². The molecule has 8 nitrogen and oxygen atoms in total. The van der Waals surface area contributed by atoms with Gasteiger partial charge >= 0.3 is 0 Å². The van der Waals surface area contributed by atoms with Crippen molar-refractivity contribution in [1.29, 1.82) is 0 Å². The van der Waals surface area contributed by atoms with E-state index < -0.39 is 0 Å². The largest absolute Gasteiger partial charge is 0.327 e. The minimum Gasteiger partial charge on any atom is -0.327 e. The average molecular weight is 317 g/mol. The first-order valence-corrected chi connectivity index (χ1v) is 8.04. The Labute approximate surface area is 135 Å². The topological polar surface area (TPSA) is 103 Å². The van der Waals surface area contributed by atoms with Crippen LogP contribution in [-0.2, 0) is 12.0 Å². The number of carbonyl (C=O) groups excluding carboxylic acids is 1. The number of H-pyrrole nitrogens is 2.